The van der Waals surface area contributed by atoms with Gasteiger partial charge in [-0.25, -0.2) is 0 Å². The first-order valence-electron chi connectivity index (χ1n) is 7.34. The second-order valence-electron chi connectivity index (χ2n) is 5.49. The normalized spacial score (nSPS) is 15.7. The number of nitrogens with one attached hydrogen (secondary N) is 1. The number of aryl methyl sites for hydroxylation is 2. The van der Waals surface area contributed by atoms with Gasteiger partial charge in [0, 0.05) is 21.0 Å². The standard InChI is InChI=1S/C17H21NOS/c1-12(18-15-8-4-2-7-14(15)11-19)17-10-13-6-3-5-9-16(13)20-17/h2,4,7-8,10,12,18-19H,3,5-6,9,11H2,1H3. The van der Waals surface area contributed by atoms with E-state index in [0.717, 1.165) is 11.3 Å². The summed E-state index contributed by atoms with van der Waals surface area (Å²) in [5.74, 6) is 0. The van der Waals surface area contributed by atoms with Crippen LogP contribution < -0.4 is 5.32 Å². The third-order valence-electron chi connectivity index (χ3n) is 4.00. The summed E-state index contributed by atoms with van der Waals surface area (Å²) in [6.07, 6.45) is 5.16. The number of hydrogen-bond donors (Lipinski definition) is 2. The van der Waals surface area contributed by atoms with Crippen LogP contribution in [-0.2, 0) is 19.4 Å². The molecule has 0 radical (unpaired) electrons. The van der Waals surface area contributed by atoms with E-state index in [2.05, 4.69) is 18.3 Å². The minimum atomic E-state index is 0.0802. The largest absolute Gasteiger partial charge is 0.392 e. The van der Waals surface area contributed by atoms with E-state index in [1.807, 2.05) is 35.6 Å². The number of benzene rings is 1. The van der Waals surface area contributed by atoms with Crippen LogP contribution in [0.4, 0.5) is 5.69 Å². The van der Waals surface area contributed by atoms with Crippen LogP contribution in [0.5, 0.6) is 0 Å². The second kappa shape index (κ2) is 5.98. The molecule has 1 unspecified atom stereocenters. The molecule has 0 saturated carbocycles. The first-order valence-corrected chi connectivity index (χ1v) is 8.16. The summed E-state index contributed by atoms with van der Waals surface area (Å²) in [6, 6.07) is 10.6. The van der Waals surface area contributed by atoms with Gasteiger partial charge in [0.2, 0.25) is 0 Å². The van der Waals surface area contributed by atoms with Gasteiger partial charge >= 0.3 is 0 Å². The average molecular weight is 287 g/mol. The van der Waals surface area contributed by atoms with Crippen LogP contribution in [0.15, 0.2) is 30.3 Å². The number of para-hydroxylation sites is 1. The van der Waals surface area contributed by atoms with Crippen LogP contribution in [0, 0.1) is 0 Å². The summed E-state index contributed by atoms with van der Waals surface area (Å²) in [6.45, 7) is 2.28. The van der Waals surface area contributed by atoms with Gasteiger partial charge in [-0.15, -0.1) is 11.3 Å². The van der Waals surface area contributed by atoms with E-state index in [1.165, 1.54) is 30.6 Å². The predicted octanol–water partition coefficient (Wildman–Crippen LogP) is 4.29. The molecule has 1 heterocycles. The summed E-state index contributed by atoms with van der Waals surface area (Å²) >= 11 is 1.95. The molecule has 0 saturated heterocycles. The highest BCUT2D eigenvalue weighted by Crippen LogP contribution is 2.34. The summed E-state index contributed by atoms with van der Waals surface area (Å²) in [5.41, 5.74) is 3.55. The maximum Gasteiger partial charge on any atom is 0.0701 e. The maximum atomic E-state index is 9.40. The Morgan fingerprint density at radius 1 is 1.25 bits per heavy atom. The van der Waals surface area contributed by atoms with Gasteiger partial charge in [0.15, 0.2) is 0 Å². The van der Waals surface area contributed by atoms with Crippen LogP contribution in [-0.4, -0.2) is 5.11 Å². The van der Waals surface area contributed by atoms with Crippen molar-refractivity contribution in [3.8, 4) is 0 Å². The fraction of sp³-hybridized carbons (Fsp3) is 0.412. The molecule has 2 aromatic rings. The fourth-order valence-electron chi connectivity index (χ4n) is 2.83. The molecule has 2 N–H and O–H groups in total. The first-order chi connectivity index (χ1) is 9.78. The zero-order valence-corrected chi connectivity index (χ0v) is 12.7. The molecule has 1 atom stereocenters. The maximum absolute atomic E-state index is 9.40. The van der Waals surface area contributed by atoms with E-state index in [1.54, 1.807) is 10.4 Å². The Bertz CT molecular complexity index is 567. The van der Waals surface area contributed by atoms with Crippen LogP contribution in [0.1, 0.15) is 46.7 Å². The molecule has 20 heavy (non-hydrogen) atoms. The number of fused-ring (bicyclic) bond motifs is 1. The highest BCUT2D eigenvalue weighted by atomic mass is 32.1. The molecular formula is C17H21NOS. The van der Waals surface area contributed by atoms with Crippen molar-refractivity contribution in [1.29, 1.82) is 0 Å². The van der Waals surface area contributed by atoms with Crippen molar-refractivity contribution in [2.75, 3.05) is 5.32 Å². The van der Waals surface area contributed by atoms with E-state index in [0.29, 0.717) is 6.04 Å². The number of aliphatic hydroxyl groups is 1. The molecule has 3 heteroatoms. The Hall–Kier alpha value is -1.32. The number of anilines is 1. The topological polar surface area (TPSA) is 32.3 Å². The smallest absolute Gasteiger partial charge is 0.0701 e. The van der Waals surface area contributed by atoms with E-state index < -0.39 is 0 Å². The molecule has 0 bridgehead atoms. The van der Waals surface area contributed by atoms with Crippen molar-refractivity contribution in [2.24, 2.45) is 0 Å². The summed E-state index contributed by atoms with van der Waals surface area (Å²) in [7, 11) is 0. The Morgan fingerprint density at radius 2 is 2.05 bits per heavy atom. The van der Waals surface area contributed by atoms with Gasteiger partial charge in [-0.1, -0.05) is 18.2 Å². The van der Waals surface area contributed by atoms with E-state index >= 15 is 0 Å². The summed E-state index contributed by atoms with van der Waals surface area (Å²) < 4.78 is 0. The van der Waals surface area contributed by atoms with Gasteiger partial charge in [-0.05, 0) is 50.3 Å². The molecule has 3 rings (SSSR count). The lowest BCUT2D eigenvalue weighted by Crippen LogP contribution is -2.07. The lowest BCUT2D eigenvalue weighted by atomic mass is 9.99. The molecule has 0 aliphatic heterocycles. The quantitative estimate of drug-likeness (QED) is 0.879. The van der Waals surface area contributed by atoms with Crippen LogP contribution in [0.2, 0.25) is 0 Å². The van der Waals surface area contributed by atoms with E-state index in [9.17, 15) is 5.11 Å². The Labute approximate surface area is 124 Å². The fourth-order valence-corrected chi connectivity index (χ4v) is 4.09. The van der Waals surface area contributed by atoms with Crippen molar-refractivity contribution >= 4 is 17.0 Å². The van der Waals surface area contributed by atoms with Crippen molar-refractivity contribution in [1.82, 2.24) is 0 Å². The molecule has 0 amide bonds. The second-order valence-corrected chi connectivity index (χ2v) is 6.65. The Morgan fingerprint density at radius 3 is 2.85 bits per heavy atom. The van der Waals surface area contributed by atoms with Gasteiger partial charge in [0.05, 0.1) is 12.6 Å². The minimum Gasteiger partial charge on any atom is -0.392 e. The van der Waals surface area contributed by atoms with Crippen molar-refractivity contribution in [3.63, 3.8) is 0 Å². The Balaban J connectivity index is 1.79. The first kappa shape index (κ1) is 13.7. The van der Waals surface area contributed by atoms with Crippen molar-refractivity contribution in [2.45, 2.75) is 45.3 Å². The van der Waals surface area contributed by atoms with Crippen molar-refractivity contribution in [3.05, 3.63) is 51.2 Å². The third-order valence-corrected chi connectivity index (χ3v) is 5.42. The number of hydrogen-bond acceptors (Lipinski definition) is 3. The molecule has 0 spiro atoms. The van der Waals surface area contributed by atoms with Crippen molar-refractivity contribution < 1.29 is 5.11 Å². The lowest BCUT2D eigenvalue weighted by molar-refractivity contribution is 0.282. The highest BCUT2D eigenvalue weighted by Gasteiger charge is 2.17. The zero-order chi connectivity index (χ0) is 13.9. The third kappa shape index (κ3) is 2.74. The van der Waals surface area contributed by atoms with Gasteiger partial charge in [0.25, 0.3) is 0 Å². The predicted molar refractivity (Wildman–Crippen MR) is 85.4 cm³/mol. The van der Waals surface area contributed by atoms with Crippen LogP contribution >= 0.6 is 11.3 Å². The minimum absolute atomic E-state index is 0.0802. The van der Waals surface area contributed by atoms with Crippen LogP contribution in [0.3, 0.4) is 0 Å². The number of aliphatic hydroxyl groups excluding tert-OH is 1. The molecular weight excluding hydrogens is 266 g/mol. The molecule has 2 nitrogen and oxygen atoms in total. The molecule has 1 aliphatic rings. The van der Waals surface area contributed by atoms with Gasteiger partial charge in [-0.3, -0.25) is 0 Å². The monoisotopic (exact) mass is 287 g/mol. The average Bonchev–Trinajstić information content (AvgIpc) is 2.92. The molecule has 1 aliphatic carbocycles. The summed E-state index contributed by atoms with van der Waals surface area (Å²) in [5, 5.41) is 12.9. The lowest BCUT2D eigenvalue weighted by Gasteiger charge is -2.16. The Kier molecular flexibility index (Phi) is 4.08. The molecule has 1 aromatic carbocycles. The van der Waals surface area contributed by atoms with E-state index in [-0.39, 0.29) is 6.61 Å². The SMILES string of the molecule is CC(Nc1ccccc1CO)c1cc2c(s1)CCCC2. The number of rotatable bonds is 4. The molecule has 0 fully saturated rings. The van der Waals surface area contributed by atoms with Gasteiger partial charge < -0.3 is 10.4 Å². The van der Waals surface area contributed by atoms with Gasteiger partial charge in [0.1, 0.15) is 0 Å². The number of thiophene rings is 1. The van der Waals surface area contributed by atoms with Crippen LogP contribution in [0.25, 0.3) is 0 Å². The van der Waals surface area contributed by atoms with E-state index in [4.69, 9.17) is 0 Å². The summed E-state index contributed by atoms with van der Waals surface area (Å²) in [4.78, 5) is 2.99. The molecule has 1 aromatic heterocycles. The van der Waals surface area contributed by atoms with Gasteiger partial charge in [-0.2, -0.15) is 0 Å². The molecule has 106 valence electrons. The zero-order valence-electron chi connectivity index (χ0n) is 11.9. The highest BCUT2D eigenvalue weighted by molar-refractivity contribution is 7.12.